The largest absolute Gasteiger partial charge is 0.462 e. The van der Waals surface area contributed by atoms with Gasteiger partial charge in [0.15, 0.2) is 0 Å². The second-order valence-electron chi connectivity index (χ2n) is 4.32. The third-order valence-corrected chi connectivity index (χ3v) is 4.39. The molecule has 0 unspecified atom stereocenters. The van der Waals surface area contributed by atoms with Crippen LogP contribution in [0.4, 0.5) is 5.69 Å². The Morgan fingerprint density at radius 3 is 2.71 bits per heavy atom. The highest BCUT2D eigenvalue weighted by atomic mass is 35.5. The number of esters is 1. The van der Waals surface area contributed by atoms with Gasteiger partial charge >= 0.3 is 5.97 Å². The predicted octanol–water partition coefficient (Wildman–Crippen LogP) is 4.39. The van der Waals surface area contributed by atoms with Gasteiger partial charge in [0.2, 0.25) is 0 Å². The number of hydrogen-bond donors (Lipinski definition) is 1. The van der Waals surface area contributed by atoms with Crippen LogP contribution >= 0.6 is 23.4 Å². The molecule has 0 atom stereocenters. The summed E-state index contributed by atoms with van der Waals surface area (Å²) in [6.07, 6.45) is 0. The summed E-state index contributed by atoms with van der Waals surface area (Å²) in [6.45, 7) is 2.10. The first kappa shape index (κ1) is 15.7. The van der Waals surface area contributed by atoms with E-state index < -0.39 is 5.97 Å². The molecule has 2 aromatic carbocycles. The molecule has 2 N–H and O–H groups in total. The molecule has 5 heteroatoms. The number of rotatable bonds is 5. The van der Waals surface area contributed by atoms with Crippen molar-refractivity contribution >= 4 is 35.0 Å². The quantitative estimate of drug-likeness (QED) is 0.504. The van der Waals surface area contributed by atoms with Gasteiger partial charge in [-0.15, -0.1) is 11.8 Å². The van der Waals surface area contributed by atoms with E-state index in [2.05, 4.69) is 0 Å². The van der Waals surface area contributed by atoms with Crippen molar-refractivity contribution in [1.82, 2.24) is 0 Å². The minimum absolute atomic E-state index is 0.329. The lowest BCUT2D eigenvalue weighted by Gasteiger charge is -2.10. The molecule has 0 aliphatic heterocycles. The number of carbonyl (C=O) groups excluding carboxylic acids is 1. The first-order valence-corrected chi connectivity index (χ1v) is 7.91. The topological polar surface area (TPSA) is 52.3 Å². The zero-order valence-electron chi connectivity index (χ0n) is 11.6. The van der Waals surface area contributed by atoms with Gasteiger partial charge in [-0.05, 0) is 30.7 Å². The highest BCUT2D eigenvalue weighted by molar-refractivity contribution is 7.98. The Balaban J connectivity index is 2.16. The molecule has 0 fully saturated rings. The lowest BCUT2D eigenvalue weighted by atomic mass is 10.2. The van der Waals surface area contributed by atoms with E-state index in [4.69, 9.17) is 22.1 Å². The average molecular weight is 322 g/mol. The average Bonchev–Trinajstić information content (AvgIpc) is 2.48. The van der Waals surface area contributed by atoms with Gasteiger partial charge in [0, 0.05) is 15.7 Å². The number of anilines is 1. The van der Waals surface area contributed by atoms with E-state index in [0.29, 0.717) is 23.6 Å². The molecule has 110 valence electrons. The third-order valence-electron chi connectivity index (χ3n) is 2.90. The molecule has 2 rings (SSSR count). The fourth-order valence-corrected chi connectivity index (χ4v) is 3.11. The molecule has 0 heterocycles. The number of carbonyl (C=O) groups is 1. The van der Waals surface area contributed by atoms with Crippen LogP contribution in [-0.2, 0) is 10.5 Å². The molecule has 0 aliphatic carbocycles. The zero-order chi connectivity index (χ0) is 15.2. The molecule has 0 saturated carbocycles. The van der Waals surface area contributed by atoms with Crippen LogP contribution in [0, 0.1) is 0 Å². The molecular weight excluding hydrogens is 306 g/mol. The maximum atomic E-state index is 11.8. The van der Waals surface area contributed by atoms with Gasteiger partial charge in [-0.25, -0.2) is 4.79 Å². The van der Waals surface area contributed by atoms with Crippen LogP contribution < -0.4 is 5.73 Å². The highest BCUT2D eigenvalue weighted by Gasteiger charge is 2.14. The van der Waals surface area contributed by atoms with Crippen LogP contribution in [0.25, 0.3) is 0 Å². The molecule has 0 radical (unpaired) electrons. The summed E-state index contributed by atoms with van der Waals surface area (Å²) in [6, 6.07) is 13.0. The van der Waals surface area contributed by atoms with Gasteiger partial charge in [0.05, 0.1) is 17.9 Å². The molecule has 0 amide bonds. The van der Waals surface area contributed by atoms with Gasteiger partial charge < -0.3 is 10.5 Å². The summed E-state index contributed by atoms with van der Waals surface area (Å²) in [7, 11) is 0. The van der Waals surface area contributed by atoms with E-state index in [-0.39, 0.29) is 0 Å². The summed E-state index contributed by atoms with van der Waals surface area (Å²) in [5, 5.41) is 0.727. The van der Waals surface area contributed by atoms with Crippen LogP contribution in [0.5, 0.6) is 0 Å². The highest BCUT2D eigenvalue weighted by Crippen LogP contribution is 2.32. The first-order chi connectivity index (χ1) is 10.1. The van der Waals surface area contributed by atoms with Crippen LogP contribution in [0.3, 0.4) is 0 Å². The summed E-state index contributed by atoms with van der Waals surface area (Å²) >= 11 is 7.68. The molecular formula is C16H16ClNO2S. The van der Waals surface area contributed by atoms with Gasteiger partial charge in [0.1, 0.15) is 0 Å². The van der Waals surface area contributed by atoms with Gasteiger partial charge in [-0.2, -0.15) is 0 Å². The molecule has 0 saturated heterocycles. The Hall–Kier alpha value is -1.65. The van der Waals surface area contributed by atoms with Crippen molar-refractivity contribution in [3.05, 3.63) is 58.6 Å². The lowest BCUT2D eigenvalue weighted by molar-refractivity contribution is 0.0527. The van der Waals surface area contributed by atoms with Crippen LogP contribution in [-0.4, -0.2) is 12.6 Å². The summed E-state index contributed by atoms with van der Waals surface area (Å²) < 4.78 is 5.00. The van der Waals surface area contributed by atoms with Crippen molar-refractivity contribution in [3.8, 4) is 0 Å². The molecule has 3 nitrogen and oxygen atoms in total. The zero-order valence-corrected chi connectivity index (χ0v) is 13.2. The Morgan fingerprint density at radius 1 is 1.24 bits per heavy atom. The van der Waals surface area contributed by atoms with Crippen molar-refractivity contribution in [2.75, 3.05) is 12.3 Å². The maximum Gasteiger partial charge on any atom is 0.340 e. The molecule has 0 aliphatic rings. The van der Waals surface area contributed by atoms with Crippen molar-refractivity contribution in [2.24, 2.45) is 0 Å². The van der Waals surface area contributed by atoms with E-state index in [1.54, 1.807) is 30.8 Å². The number of ether oxygens (including phenoxy) is 1. The van der Waals surface area contributed by atoms with E-state index >= 15 is 0 Å². The third kappa shape index (κ3) is 3.93. The molecule has 0 bridgehead atoms. The normalized spacial score (nSPS) is 10.4. The second-order valence-corrected chi connectivity index (χ2v) is 5.74. The smallest absolute Gasteiger partial charge is 0.340 e. The van der Waals surface area contributed by atoms with Crippen LogP contribution in [0.1, 0.15) is 22.8 Å². The van der Waals surface area contributed by atoms with Gasteiger partial charge in [-0.1, -0.05) is 35.9 Å². The SMILES string of the molecule is CCOC(=O)c1cccc(SCc2ccccc2Cl)c1N. The maximum absolute atomic E-state index is 11.8. The van der Waals surface area contributed by atoms with Crippen LogP contribution in [0.15, 0.2) is 47.4 Å². The number of nitrogens with two attached hydrogens (primary N) is 1. The summed E-state index contributed by atoms with van der Waals surface area (Å²) in [5.41, 5.74) is 7.95. The van der Waals surface area contributed by atoms with Crippen molar-refractivity contribution in [1.29, 1.82) is 0 Å². The van der Waals surface area contributed by atoms with Crippen molar-refractivity contribution < 1.29 is 9.53 Å². The Labute approximate surface area is 133 Å². The number of halogens is 1. The Morgan fingerprint density at radius 2 is 2.00 bits per heavy atom. The fraction of sp³-hybridized carbons (Fsp3) is 0.188. The number of hydrogen-bond acceptors (Lipinski definition) is 4. The number of benzene rings is 2. The number of thioether (sulfide) groups is 1. The molecule has 2 aromatic rings. The van der Waals surface area contributed by atoms with E-state index in [9.17, 15) is 4.79 Å². The summed E-state index contributed by atoms with van der Waals surface area (Å²) in [4.78, 5) is 12.7. The second kappa shape index (κ2) is 7.38. The number of para-hydroxylation sites is 1. The van der Waals surface area contributed by atoms with Crippen molar-refractivity contribution in [3.63, 3.8) is 0 Å². The number of nitrogen functional groups attached to an aromatic ring is 1. The molecule has 0 aromatic heterocycles. The van der Waals surface area contributed by atoms with E-state index in [1.807, 2.05) is 30.3 Å². The lowest BCUT2D eigenvalue weighted by Crippen LogP contribution is -2.08. The molecule has 21 heavy (non-hydrogen) atoms. The van der Waals surface area contributed by atoms with E-state index in [1.165, 1.54) is 0 Å². The Kier molecular flexibility index (Phi) is 5.53. The monoisotopic (exact) mass is 321 g/mol. The van der Waals surface area contributed by atoms with Gasteiger partial charge in [-0.3, -0.25) is 0 Å². The minimum Gasteiger partial charge on any atom is -0.462 e. The Bertz CT molecular complexity index is 646. The van der Waals surface area contributed by atoms with Gasteiger partial charge in [0.25, 0.3) is 0 Å². The van der Waals surface area contributed by atoms with E-state index in [0.717, 1.165) is 15.5 Å². The van der Waals surface area contributed by atoms with Crippen molar-refractivity contribution in [2.45, 2.75) is 17.6 Å². The summed E-state index contributed by atoms with van der Waals surface area (Å²) in [5.74, 6) is 0.297. The minimum atomic E-state index is -0.393. The molecule has 0 spiro atoms. The fourth-order valence-electron chi connectivity index (χ4n) is 1.83. The standard InChI is InChI=1S/C16H16ClNO2S/c1-2-20-16(19)12-7-5-9-14(15(12)18)21-10-11-6-3-4-8-13(11)17/h3-9H,2,10,18H2,1H3. The predicted molar refractivity (Wildman–Crippen MR) is 87.8 cm³/mol. The first-order valence-electron chi connectivity index (χ1n) is 6.55. The van der Waals surface area contributed by atoms with Crippen LogP contribution in [0.2, 0.25) is 5.02 Å².